The van der Waals surface area contributed by atoms with E-state index in [4.69, 9.17) is 4.74 Å². The van der Waals surface area contributed by atoms with E-state index in [0.29, 0.717) is 17.2 Å². The molecular weight excluding hydrogens is 376 g/mol. The Hall–Kier alpha value is -3.08. The van der Waals surface area contributed by atoms with Gasteiger partial charge in [0.05, 0.1) is 7.11 Å². The molecule has 0 spiro atoms. The highest BCUT2D eigenvalue weighted by molar-refractivity contribution is 6.09. The third-order valence-corrected chi connectivity index (χ3v) is 5.86. The lowest BCUT2D eigenvalue weighted by Crippen LogP contribution is -2.43. The van der Waals surface area contributed by atoms with Gasteiger partial charge in [-0.05, 0) is 69.4 Å². The van der Waals surface area contributed by atoms with Gasteiger partial charge in [0.15, 0.2) is 5.78 Å². The Labute approximate surface area is 177 Å². The van der Waals surface area contributed by atoms with E-state index in [0.717, 1.165) is 36.3 Å². The normalized spacial score (nSPS) is 18.7. The largest absolute Gasteiger partial charge is 0.497 e. The molecule has 2 aliphatic rings. The van der Waals surface area contributed by atoms with Gasteiger partial charge < -0.3 is 15.4 Å². The number of ether oxygens (including phenoxy) is 1. The molecule has 30 heavy (non-hydrogen) atoms. The topological polar surface area (TPSA) is 67.4 Å². The number of methoxy groups -OCH3 is 1. The number of nitrogens with one attached hydrogen (secondary N) is 2. The number of amides is 1. The molecule has 0 atom stereocenters. The molecule has 5 heteroatoms. The lowest BCUT2D eigenvalue weighted by Gasteiger charge is -2.35. The van der Waals surface area contributed by atoms with Gasteiger partial charge in [-0.15, -0.1) is 0 Å². The SMILES string of the molecule is COc1ccc2c(c1)/C(=C/C(=O)c1ccc(C(=O)NC3CCC3)cc1)NC(C)(C)C2. The summed E-state index contributed by atoms with van der Waals surface area (Å²) in [6.07, 6.45) is 5.77. The minimum absolute atomic E-state index is 0.0752. The fraction of sp³-hybridized carbons (Fsp3) is 0.360. The standard InChI is InChI=1S/C25H28N2O3/c1-25(2)15-18-11-12-20(30-3)13-21(18)22(27-25)14-23(28)16-7-9-17(10-8-16)24(29)26-19-5-4-6-19/h7-14,19,27H,4-6,15H2,1-3H3,(H,26,29)/b22-14-. The third-order valence-electron chi connectivity index (χ3n) is 5.86. The van der Waals surface area contributed by atoms with Crippen molar-refractivity contribution in [3.8, 4) is 5.75 Å². The molecule has 1 aliphatic carbocycles. The van der Waals surface area contributed by atoms with Crippen LogP contribution in [0.2, 0.25) is 0 Å². The van der Waals surface area contributed by atoms with Crippen molar-refractivity contribution >= 4 is 17.4 Å². The monoisotopic (exact) mass is 404 g/mol. The Morgan fingerprint density at radius 3 is 2.43 bits per heavy atom. The van der Waals surface area contributed by atoms with E-state index < -0.39 is 0 Å². The summed E-state index contributed by atoms with van der Waals surface area (Å²) in [6, 6.07) is 13.1. The second-order valence-corrected chi connectivity index (χ2v) is 8.81. The highest BCUT2D eigenvalue weighted by atomic mass is 16.5. The second-order valence-electron chi connectivity index (χ2n) is 8.81. The number of allylic oxidation sites excluding steroid dienone is 1. The van der Waals surface area contributed by atoms with Gasteiger partial charge in [0, 0.05) is 40.0 Å². The minimum atomic E-state index is -0.156. The molecule has 0 aromatic heterocycles. The highest BCUT2D eigenvalue weighted by Gasteiger charge is 2.28. The van der Waals surface area contributed by atoms with Crippen LogP contribution in [0.4, 0.5) is 0 Å². The number of carbonyl (C=O) groups excluding carboxylic acids is 2. The van der Waals surface area contributed by atoms with E-state index in [1.165, 1.54) is 12.0 Å². The molecule has 2 aromatic carbocycles. The lowest BCUT2D eigenvalue weighted by molar-refractivity contribution is 0.0916. The molecule has 1 aliphatic heterocycles. The molecular formula is C25H28N2O3. The summed E-state index contributed by atoms with van der Waals surface area (Å²) in [5, 5.41) is 6.51. The third kappa shape index (κ3) is 4.25. The van der Waals surface area contributed by atoms with Crippen molar-refractivity contribution in [3.63, 3.8) is 0 Å². The molecule has 0 radical (unpaired) electrons. The van der Waals surface area contributed by atoms with Crippen molar-refractivity contribution in [2.75, 3.05) is 7.11 Å². The number of benzene rings is 2. The maximum atomic E-state index is 13.0. The van der Waals surface area contributed by atoms with Crippen molar-refractivity contribution in [1.82, 2.24) is 10.6 Å². The van der Waals surface area contributed by atoms with Crippen LogP contribution in [-0.2, 0) is 6.42 Å². The van der Waals surface area contributed by atoms with Crippen molar-refractivity contribution in [3.05, 3.63) is 70.8 Å². The summed E-state index contributed by atoms with van der Waals surface area (Å²) < 4.78 is 5.37. The summed E-state index contributed by atoms with van der Waals surface area (Å²) in [5.41, 5.74) is 3.93. The molecule has 4 rings (SSSR count). The molecule has 0 bridgehead atoms. The molecule has 1 saturated carbocycles. The number of fused-ring (bicyclic) bond motifs is 1. The van der Waals surface area contributed by atoms with Gasteiger partial charge >= 0.3 is 0 Å². The van der Waals surface area contributed by atoms with Crippen LogP contribution in [0.3, 0.4) is 0 Å². The average molecular weight is 405 g/mol. The molecule has 2 N–H and O–H groups in total. The molecule has 1 amide bonds. The van der Waals surface area contributed by atoms with E-state index in [1.54, 1.807) is 37.5 Å². The highest BCUT2D eigenvalue weighted by Crippen LogP contribution is 2.32. The zero-order valence-electron chi connectivity index (χ0n) is 17.7. The number of rotatable bonds is 5. The second kappa shape index (κ2) is 7.98. The molecule has 1 heterocycles. The number of carbonyl (C=O) groups is 2. The van der Waals surface area contributed by atoms with E-state index in [9.17, 15) is 9.59 Å². The van der Waals surface area contributed by atoms with Crippen molar-refractivity contribution in [2.45, 2.75) is 51.1 Å². The van der Waals surface area contributed by atoms with Gasteiger partial charge in [0.1, 0.15) is 5.75 Å². The fourth-order valence-electron chi connectivity index (χ4n) is 3.98. The predicted octanol–water partition coefficient (Wildman–Crippen LogP) is 4.13. The van der Waals surface area contributed by atoms with Crippen molar-refractivity contribution in [1.29, 1.82) is 0 Å². The predicted molar refractivity (Wildman–Crippen MR) is 118 cm³/mol. The Bertz CT molecular complexity index is 1000. The van der Waals surface area contributed by atoms with Gasteiger partial charge in [-0.3, -0.25) is 9.59 Å². The smallest absolute Gasteiger partial charge is 0.251 e. The number of hydrogen-bond donors (Lipinski definition) is 2. The van der Waals surface area contributed by atoms with Crippen LogP contribution in [0.5, 0.6) is 5.75 Å². The first-order chi connectivity index (χ1) is 14.3. The van der Waals surface area contributed by atoms with Crippen LogP contribution in [0.25, 0.3) is 5.70 Å². The van der Waals surface area contributed by atoms with Gasteiger partial charge in [-0.2, -0.15) is 0 Å². The molecule has 0 saturated heterocycles. The first kappa shape index (κ1) is 20.2. The number of hydrogen-bond acceptors (Lipinski definition) is 4. The van der Waals surface area contributed by atoms with Crippen LogP contribution >= 0.6 is 0 Å². The zero-order chi connectivity index (χ0) is 21.3. The van der Waals surface area contributed by atoms with E-state index in [1.807, 2.05) is 12.1 Å². The number of ketones is 1. The summed E-state index contributed by atoms with van der Waals surface area (Å²) in [6.45, 7) is 4.24. The summed E-state index contributed by atoms with van der Waals surface area (Å²) >= 11 is 0. The molecule has 1 fully saturated rings. The van der Waals surface area contributed by atoms with E-state index in [2.05, 4.69) is 30.5 Å². The van der Waals surface area contributed by atoms with Gasteiger partial charge in [-0.1, -0.05) is 18.2 Å². The van der Waals surface area contributed by atoms with Gasteiger partial charge in [0.2, 0.25) is 0 Å². The van der Waals surface area contributed by atoms with Crippen LogP contribution in [0, 0.1) is 0 Å². The van der Waals surface area contributed by atoms with Crippen LogP contribution < -0.4 is 15.4 Å². The molecule has 0 unspecified atom stereocenters. The molecule has 5 nitrogen and oxygen atoms in total. The van der Waals surface area contributed by atoms with E-state index >= 15 is 0 Å². The first-order valence-corrected chi connectivity index (χ1v) is 10.5. The van der Waals surface area contributed by atoms with Crippen LogP contribution in [0.15, 0.2) is 48.5 Å². The van der Waals surface area contributed by atoms with Crippen molar-refractivity contribution in [2.24, 2.45) is 0 Å². The van der Waals surface area contributed by atoms with Crippen molar-refractivity contribution < 1.29 is 14.3 Å². The Morgan fingerprint density at radius 1 is 1.10 bits per heavy atom. The minimum Gasteiger partial charge on any atom is -0.497 e. The summed E-state index contributed by atoms with van der Waals surface area (Å²) in [4.78, 5) is 25.2. The summed E-state index contributed by atoms with van der Waals surface area (Å²) in [7, 11) is 1.64. The van der Waals surface area contributed by atoms with Crippen LogP contribution in [0.1, 0.15) is 65.0 Å². The van der Waals surface area contributed by atoms with E-state index in [-0.39, 0.29) is 17.2 Å². The van der Waals surface area contributed by atoms with Gasteiger partial charge in [-0.25, -0.2) is 0 Å². The first-order valence-electron chi connectivity index (χ1n) is 10.5. The lowest BCUT2D eigenvalue weighted by atomic mass is 9.85. The molecule has 2 aromatic rings. The van der Waals surface area contributed by atoms with Gasteiger partial charge in [0.25, 0.3) is 5.91 Å². The van der Waals surface area contributed by atoms with Crippen LogP contribution in [-0.4, -0.2) is 30.4 Å². The zero-order valence-corrected chi connectivity index (χ0v) is 17.7. The molecule has 156 valence electrons. The fourth-order valence-corrected chi connectivity index (χ4v) is 3.98. The summed E-state index contributed by atoms with van der Waals surface area (Å²) in [5.74, 6) is 0.583. The Kier molecular flexibility index (Phi) is 5.37. The Balaban J connectivity index is 1.57. The Morgan fingerprint density at radius 2 is 1.80 bits per heavy atom. The maximum absolute atomic E-state index is 13.0. The maximum Gasteiger partial charge on any atom is 0.251 e. The average Bonchev–Trinajstić information content (AvgIpc) is 2.69. The quantitative estimate of drug-likeness (QED) is 0.581.